The van der Waals surface area contributed by atoms with Gasteiger partial charge in [0.15, 0.2) is 9.84 Å². The van der Waals surface area contributed by atoms with E-state index in [1.54, 1.807) is 0 Å². The molecule has 1 saturated heterocycles. The molecular weight excluding hydrogens is 208 g/mol. The van der Waals surface area contributed by atoms with Crippen LogP contribution >= 0.6 is 0 Å². The van der Waals surface area contributed by atoms with E-state index < -0.39 is 21.8 Å². The molecule has 2 atom stereocenters. The number of aliphatic hydroxyl groups is 1. The lowest BCUT2D eigenvalue weighted by Gasteiger charge is -2.13. The van der Waals surface area contributed by atoms with Gasteiger partial charge >= 0.3 is 0 Å². The normalized spacial score (nSPS) is 27.1. The Hall–Kier alpha value is -0.660. The number of carbonyl (C=O) groups is 1. The summed E-state index contributed by atoms with van der Waals surface area (Å²) in [5.41, 5.74) is 5.07. The van der Waals surface area contributed by atoms with E-state index in [9.17, 15) is 13.2 Å². The molecule has 82 valence electrons. The van der Waals surface area contributed by atoms with Crippen LogP contribution in [0.15, 0.2) is 0 Å². The minimum absolute atomic E-state index is 0.0456. The summed E-state index contributed by atoms with van der Waals surface area (Å²) in [6.07, 6.45) is -0.843. The van der Waals surface area contributed by atoms with E-state index in [-0.39, 0.29) is 24.1 Å². The average Bonchev–Trinajstić information content (AvgIpc) is 2.44. The second-order valence-electron chi connectivity index (χ2n) is 3.36. The van der Waals surface area contributed by atoms with Crippen molar-refractivity contribution >= 4 is 15.7 Å². The summed E-state index contributed by atoms with van der Waals surface area (Å²) in [4.78, 5) is 11.1. The van der Waals surface area contributed by atoms with Crippen molar-refractivity contribution in [1.82, 2.24) is 5.32 Å². The lowest BCUT2D eigenvalue weighted by Crippen LogP contribution is -2.44. The van der Waals surface area contributed by atoms with Crippen molar-refractivity contribution in [3.63, 3.8) is 0 Å². The minimum atomic E-state index is -3.00. The molecule has 0 bridgehead atoms. The van der Waals surface area contributed by atoms with Gasteiger partial charge < -0.3 is 16.2 Å². The third-order valence-corrected chi connectivity index (χ3v) is 3.87. The van der Waals surface area contributed by atoms with Crippen molar-refractivity contribution in [2.75, 3.05) is 18.1 Å². The first-order chi connectivity index (χ1) is 6.44. The maximum Gasteiger partial charge on any atom is 0.250 e. The van der Waals surface area contributed by atoms with Gasteiger partial charge in [-0.05, 0) is 6.42 Å². The van der Waals surface area contributed by atoms with E-state index in [0.29, 0.717) is 6.42 Å². The third-order valence-electron chi connectivity index (χ3n) is 2.10. The molecular formula is C7H14N2O4S. The van der Waals surface area contributed by atoms with Gasteiger partial charge in [-0.15, -0.1) is 0 Å². The summed E-state index contributed by atoms with van der Waals surface area (Å²) in [6.45, 7) is -0.161. The lowest BCUT2D eigenvalue weighted by molar-refractivity contribution is -0.129. The molecule has 0 aromatic rings. The van der Waals surface area contributed by atoms with Crippen molar-refractivity contribution < 1.29 is 18.3 Å². The standard InChI is InChI=1S/C7H14N2O4S/c8-3-6(10)7(11)9-5-1-2-14(12,13)4-5/h5-6,10H,1-4,8H2,(H,9,11). The Balaban J connectivity index is 2.44. The lowest BCUT2D eigenvalue weighted by atomic mass is 10.2. The summed E-state index contributed by atoms with van der Waals surface area (Å²) in [6, 6.07) is -0.381. The zero-order valence-electron chi connectivity index (χ0n) is 7.64. The number of carbonyl (C=O) groups excluding carboxylic acids is 1. The molecule has 6 nitrogen and oxygen atoms in total. The average molecular weight is 222 g/mol. The molecule has 0 aliphatic carbocycles. The molecule has 1 amide bonds. The van der Waals surface area contributed by atoms with Crippen molar-refractivity contribution in [1.29, 1.82) is 0 Å². The fraction of sp³-hybridized carbons (Fsp3) is 0.857. The van der Waals surface area contributed by atoms with E-state index in [2.05, 4.69) is 5.32 Å². The Kier molecular flexibility index (Phi) is 3.46. The fourth-order valence-electron chi connectivity index (χ4n) is 1.31. The van der Waals surface area contributed by atoms with Gasteiger partial charge in [-0.2, -0.15) is 0 Å². The summed E-state index contributed by atoms with van der Waals surface area (Å²) >= 11 is 0. The molecule has 7 heteroatoms. The summed E-state index contributed by atoms with van der Waals surface area (Å²) in [5, 5.41) is 11.5. The quantitative estimate of drug-likeness (QED) is 0.493. The van der Waals surface area contributed by atoms with Crippen LogP contribution in [0.5, 0.6) is 0 Å². The topological polar surface area (TPSA) is 109 Å². The Morgan fingerprint density at radius 3 is 2.71 bits per heavy atom. The summed E-state index contributed by atoms with van der Waals surface area (Å²) < 4.78 is 22.0. The van der Waals surface area contributed by atoms with Crippen molar-refractivity contribution in [3.05, 3.63) is 0 Å². The number of hydrogen-bond donors (Lipinski definition) is 3. The second kappa shape index (κ2) is 4.24. The molecule has 1 fully saturated rings. The highest BCUT2D eigenvalue weighted by molar-refractivity contribution is 7.91. The molecule has 1 aliphatic heterocycles. The van der Waals surface area contributed by atoms with Crippen LogP contribution in [0.1, 0.15) is 6.42 Å². The van der Waals surface area contributed by atoms with Crippen LogP contribution in [0, 0.1) is 0 Å². The Morgan fingerprint density at radius 2 is 2.29 bits per heavy atom. The second-order valence-corrected chi connectivity index (χ2v) is 5.59. The first-order valence-electron chi connectivity index (χ1n) is 4.33. The molecule has 1 rings (SSSR count). The molecule has 0 radical (unpaired) electrons. The monoisotopic (exact) mass is 222 g/mol. The summed E-state index contributed by atoms with van der Waals surface area (Å²) in [7, 11) is -3.00. The molecule has 14 heavy (non-hydrogen) atoms. The molecule has 2 unspecified atom stereocenters. The SMILES string of the molecule is NCC(O)C(=O)NC1CCS(=O)(=O)C1. The highest BCUT2D eigenvalue weighted by Gasteiger charge is 2.29. The van der Waals surface area contributed by atoms with Crippen molar-refractivity contribution in [3.8, 4) is 0 Å². The van der Waals surface area contributed by atoms with E-state index >= 15 is 0 Å². The van der Waals surface area contributed by atoms with Gasteiger partial charge in [0.1, 0.15) is 6.10 Å². The molecule has 1 heterocycles. The maximum atomic E-state index is 11.1. The minimum Gasteiger partial charge on any atom is -0.382 e. The highest BCUT2D eigenvalue weighted by Crippen LogP contribution is 2.11. The van der Waals surface area contributed by atoms with Crippen LogP contribution < -0.4 is 11.1 Å². The van der Waals surface area contributed by atoms with Gasteiger partial charge in [-0.3, -0.25) is 4.79 Å². The number of sulfone groups is 1. The van der Waals surface area contributed by atoms with Gasteiger partial charge in [0, 0.05) is 12.6 Å². The predicted molar refractivity (Wildman–Crippen MR) is 50.3 cm³/mol. The number of aliphatic hydroxyl groups excluding tert-OH is 1. The molecule has 1 aliphatic rings. The molecule has 0 saturated carbocycles. The molecule has 4 N–H and O–H groups in total. The smallest absolute Gasteiger partial charge is 0.250 e. The van der Waals surface area contributed by atoms with E-state index in [1.165, 1.54) is 0 Å². The zero-order chi connectivity index (χ0) is 10.8. The molecule has 0 aromatic heterocycles. The highest BCUT2D eigenvalue weighted by atomic mass is 32.2. The summed E-state index contributed by atoms with van der Waals surface area (Å²) in [5.74, 6) is -0.554. The first kappa shape index (κ1) is 11.4. The maximum absolute atomic E-state index is 11.1. The zero-order valence-corrected chi connectivity index (χ0v) is 8.46. The van der Waals surface area contributed by atoms with Gasteiger partial charge in [0.25, 0.3) is 0 Å². The van der Waals surface area contributed by atoms with E-state index in [0.717, 1.165) is 0 Å². The fourth-order valence-corrected chi connectivity index (χ4v) is 2.99. The van der Waals surface area contributed by atoms with E-state index in [1.807, 2.05) is 0 Å². The van der Waals surface area contributed by atoms with Crippen molar-refractivity contribution in [2.45, 2.75) is 18.6 Å². The van der Waals surface area contributed by atoms with Gasteiger partial charge in [0.05, 0.1) is 11.5 Å². The van der Waals surface area contributed by atoms with E-state index in [4.69, 9.17) is 10.8 Å². The molecule has 0 spiro atoms. The van der Waals surface area contributed by atoms with Gasteiger partial charge in [-0.25, -0.2) is 8.42 Å². The molecule has 0 aromatic carbocycles. The largest absolute Gasteiger partial charge is 0.382 e. The number of nitrogens with two attached hydrogens (primary N) is 1. The van der Waals surface area contributed by atoms with Gasteiger partial charge in [-0.1, -0.05) is 0 Å². The van der Waals surface area contributed by atoms with Crippen LogP contribution in [0.3, 0.4) is 0 Å². The first-order valence-corrected chi connectivity index (χ1v) is 6.15. The van der Waals surface area contributed by atoms with Crippen LogP contribution in [-0.4, -0.2) is 49.6 Å². The number of amides is 1. The Labute approximate surface area is 82.4 Å². The Bertz CT molecular complexity index is 314. The number of hydrogen-bond acceptors (Lipinski definition) is 5. The number of rotatable bonds is 3. The Morgan fingerprint density at radius 1 is 1.64 bits per heavy atom. The van der Waals surface area contributed by atoms with Crippen molar-refractivity contribution in [2.24, 2.45) is 5.73 Å². The predicted octanol–water partition coefficient (Wildman–Crippen LogP) is -2.39. The van der Waals surface area contributed by atoms with Crippen LogP contribution in [0.25, 0.3) is 0 Å². The van der Waals surface area contributed by atoms with Crippen LogP contribution in [0.4, 0.5) is 0 Å². The van der Waals surface area contributed by atoms with Gasteiger partial charge in [0.2, 0.25) is 5.91 Å². The van der Waals surface area contributed by atoms with Crippen LogP contribution in [0.2, 0.25) is 0 Å². The van der Waals surface area contributed by atoms with Crippen LogP contribution in [-0.2, 0) is 14.6 Å². The number of nitrogens with one attached hydrogen (secondary N) is 1. The third kappa shape index (κ3) is 2.93.